The van der Waals surface area contributed by atoms with Crippen LogP contribution in [0.3, 0.4) is 0 Å². The van der Waals surface area contributed by atoms with E-state index in [1.807, 2.05) is 0 Å². The molecule has 0 amide bonds. The number of nitrogens with one attached hydrogen (secondary N) is 2. The van der Waals surface area contributed by atoms with E-state index in [2.05, 4.69) is 15.2 Å². The lowest BCUT2D eigenvalue weighted by Crippen LogP contribution is -2.39. The van der Waals surface area contributed by atoms with Crippen molar-refractivity contribution in [3.05, 3.63) is 80.6 Å². The summed E-state index contributed by atoms with van der Waals surface area (Å²) in [5, 5.41) is 7.03. The van der Waals surface area contributed by atoms with Crippen molar-refractivity contribution in [1.29, 1.82) is 0 Å². The lowest BCUT2D eigenvalue weighted by molar-refractivity contribution is 0.582. The summed E-state index contributed by atoms with van der Waals surface area (Å²) in [4.78, 5) is 27.1. The van der Waals surface area contributed by atoms with Gasteiger partial charge in [0.05, 0.1) is 21.5 Å². The van der Waals surface area contributed by atoms with Gasteiger partial charge in [0, 0.05) is 16.8 Å². The average molecular weight is 439 g/mol. The average Bonchev–Trinajstić information content (AvgIpc) is 3.16. The highest BCUT2D eigenvalue weighted by molar-refractivity contribution is 7.90. The fourth-order valence-corrected chi connectivity index (χ4v) is 4.16. The van der Waals surface area contributed by atoms with Crippen LogP contribution in [0.1, 0.15) is 0 Å². The highest BCUT2D eigenvalue weighted by Gasteiger charge is 2.23. The second kappa shape index (κ2) is 7.27. The zero-order chi connectivity index (χ0) is 19.2. The Morgan fingerprint density at radius 1 is 1.00 bits per heavy atom. The molecule has 0 atom stereocenters. The zero-order valence-corrected chi connectivity index (χ0v) is 16.3. The molecule has 2 N–H and O–H groups in total. The summed E-state index contributed by atoms with van der Waals surface area (Å²) < 4.78 is 26.0. The van der Waals surface area contributed by atoms with E-state index in [-0.39, 0.29) is 32.2 Å². The molecule has 0 fully saturated rings. The largest absolute Gasteiger partial charge is 0.343 e. The Hall–Kier alpha value is -2.88. The first kappa shape index (κ1) is 19.9. The minimum absolute atomic E-state index is 0. The maximum atomic E-state index is 12.9. The molecule has 0 spiro atoms. The number of H-pyrrole nitrogens is 2. The van der Waals surface area contributed by atoms with Crippen LogP contribution in [0.2, 0.25) is 5.02 Å². The normalized spacial score (nSPS) is 11.3. The number of hydrogen-bond acceptors (Lipinski definition) is 5. The monoisotopic (exact) mass is 438 g/mol. The van der Waals surface area contributed by atoms with E-state index in [9.17, 15) is 18.0 Å². The molecule has 2 heterocycles. The Kier molecular flexibility index (Phi) is 5.16. The van der Waals surface area contributed by atoms with Crippen LogP contribution in [-0.2, 0) is 10.0 Å². The molecule has 4 aromatic rings. The van der Waals surface area contributed by atoms with Crippen molar-refractivity contribution in [1.82, 2.24) is 19.2 Å². The van der Waals surface area contributed by atoms with Crippen molar-refractivity contribution < 1.29 is 8.42 Å². The van der Waals surface area contributed by atoms with Crippen LogP contribution in [0.5, 0.6) is 0 Å². The molecule has 4 rings (SSSR count). The molecule has 0 aliphatic carbocycles. The summed E-state index contributed by atoms with van der Waals surface area (Å²) in [5.41, 5.74) is -0.521. The van der Waals surface area contributed by atoms with Crippen LogP contribution in [0.25, 0.3) is 22.2 Å². The van der Waals surface area contributed by atoms with Gasteiger partial charge in [0.1, 0.15) is 0 Å². The Morgan fingerprint density at radius 3 is 2.36 bits per heavy atom. The number of benzene rings is 2. The van der Waals surface area contributed by atoms with Crippen LogP contribution in [0.15, 0.2) is 69.2 Å². The lowest BCUT2D eigenvalue weighted by Gasteiger charge is -2.08. The van der Waals surface area contributed by atoms with E-state index in [0.717, 1.165) is 0 Å². The number of fused-ring (bicyclic) bond motifs is 1. The second-order valence-corrected chi connectivity index (χ2v) is 7.90. The van der Waals surface area contributed by atoms with E-state index in [0.29, 0.717) is 16.3 Å². The topological polar surface area (TPSA) is 118 Å². The Balaban J connectivity index is 0.00000225. The zero-order valence-electron chi connectivity index (χ0n) is 13.9. The third-order valence-corrected chi connectivity index (χ3v) is 5.93. The smallest absolute Gasteiger partial charge is 0.306 e. The van der Waals surface area contributed by atoms with Gasteiger partial charge in [0.15, 0.2) is 0 Å². The molecule has 11 heteroatoms. The van der Waals surface area contributed by atoms with Gasteiger partial charge in [-0.2, -0.15) is 5.10 Å². The van der Waals surface area contributed by atoms with Gasteiger partial charge in [-0.25, -0.2) is 13.2 Å². The maximum absolute atomic E-state index is 12.9. The third kappa shape index (κ3) is 3.24. The molecule has 0 radical (unpaired) electrons. The molecule has 0 saturated carbocycles. The van der Waals surface area contributed by atoms with Crippen LogP contribution < -0.4 is 11.2 Å². The first-order chi connectivity index (χ1) is 12.9. The minimum Gasteiger partial charge on any atom is -0.306 e. The summed E-state index contributed by atoms with van der Waals surface area (Å²) in [6.07, 6.45) is 1.64. The van der Waals surface area contributed by atoms with Crippen molar-refractivity contribution in [2.75, 3.05) is 0 Å². The van der Waals surface area contributed by atoms with Gasteiger partial charge in [-0.15, -0.1) is 16.4 Å². The van der Waals surface area contributed by atoms with E-state index >= 15 is 0 Å². The predicted molar refractivity (Wildman–Crippen MR) is 108 cm³/mol. The minimum atomic E-state index is -4.39. The van der Waals surface area contributed by atoms with E-state index in [4.69, 9.17) is 11.6 Å². The molecule has 2 aromatic carbocycles. The van der Waals surface area contributed by atoms with Gasteiger partial charge in [0.25, 0.3) is 15.6 Å². The van der Waals surface area contributed by atoms with Gasteiger partial charge < -0.3 is 4.98 Å². The maximum Gasteiger partial charge on any atom is 0.343 e. The first-order valence-corrected chi connectivity index (χ1v) is 9.50. The Bertz CT molecular complexity index is 1380. The Labute approximate surface area is 169 Å². The van der Waals surface area contributed by atoms with Gasteiger partial charge in [-0.3, -0.25) is 9.89 Å². The molecule has 8 nitrogen and oxygen atoms in total. The Morgan fingerprint density at radius 2 is 1.71 bits per heavy atom. The molecule has 0 unspecified atom stereocenters. The molecule has 0 bridgehead atoms. The molecule has 2 aromatic heterocycles. The molecule has 28 heavy (non-hydrogen) atoms. The van der Waals surface area contributed by atoms with Gasteiger partial charge >= 0.3 is 5.69 Å². The summed E-state index contributed by atoms with van der Waals surface area (Å²) in [7, 11) is -4.39. The number of aromatic amines is 2. The molecule has 0 saturated heterocycles. The standard InChI is InChI=1S/C17H11ClN4O4S.ClH/c18-11-3-6-13-15(9-11)20-17(24)22(16(13)23)27(25,26)12-4-1-10(2-5-12)14-7-8-19-21-14;/h1-9H,(H,19,21)(H,20,24);1H. The highest BCUT2D eigenvalue weighted by Crippen LogP contribution is 2.20. The van der Waals surface area contributed by atoms with Crippen LogP contribution in [-0.4, -0.2) is 27.6 Å². The lowest BCUT2D eigenvalue weighted by atomic mass is 10.2. The number of nitrogens with zero attached hydrogens (tertiary/aromatic N) is 2. The molecule has 0 aliphatic rings. The second-order valence-electron chi connectivity index (χ2n) is 5.68. The quantitative estimate of drug-likeness (QED) is 0.508. The predicted octanol–water partition coefficient (Wildman–Crippen LogP) is 2.39. The highest BCUT2D eigenvalue weighted by atomic mass is 35.5. The summed E-state index contributed by atoms with van der Waals surface area (Å²) >= 11 is 5.85. The molecule has 0 aliphatic heterocycles. The first-order valence-electron chi connectivity index (χ1n) is 7.68. The fourth-order valence-electron chi connectivity index (χ4n) is 2.72. The molecule has 144 valence electrons. The summed E-state index contributed by atoms with van der Waals surface area (Å²) in [5.74, 6) is 0. The van der Waals surface area contributed by atoms with Gasteiger partial charge in [-0.05, 0) is 36.4 Å². The van der Waals surface area contributed by atoms with Crippen LogP contribution in [0, 0.1) is 0 Å². The number of rotatable bonds is 3. The molecular formula is C17H12Cl2N4O4S. The number of halogens is 2. The number of aromatic nitrogens is 4. The third-order valence-electron chi connectivity index (χ3n) is 4.01. The fraction of sp³-hybridized carbons (Fsp3) is 0. The van der Waals surface area contributed by atoms with E-state index in [1.165, 1.54) is 30.3 Å². The van der Waals surface area contributed by atoms with Crippen molar-refractivity contribution in [3.63, 3.8) is 0 Å². The van der Waals surface area contributed by atoms with E-state index in [1.54, 1.807) is 24.4 Å². The van der Waals surface area contributed by atoms with Crippen molar-refractivity contribution >= 4 is 44.9 Å². The SMILES string of the molecule is Cl.O=c1[nH]c2cc(Cl)ccc2c(=O)n1S(=O)(=O)c1ccc(-c2cc[nH]n2)cc1. The number of hydrogen-bond donors (Lipinski definition) is 2. The van der Waals surface area contributed by atoms with Gasteiger partial charge in [-0.1, -0.05) is 23.7 Å². The van der Waals surface area contributed by atoms with E-state index < -0.39 is 21.3 Å². The van der Waals surface area contributed by atoms with Crippen LogP contribution in [0.4, 0.5) is 0 Å². The van der Waals surface area contributed by atoms with Crippen molar-refractivity contribution in [3.8, 4) is 11.3 Å². The van der Waals surface area contributed by atoms with Crippen molar-refractivity contribution in [2.45, 2.75) is 4.90 Å². The summed E-state index contributed by atoms with van der Waals surface area (Å²) in [6, 6.07) is 11.6. The summed E-state index contributed by atoms with van der Waals surface area (Å²) in [6.45, 7) is 0. The van der Waals surface area contributed by atoms with Gasteiger partial charge in [0.2, 0.25) is 0 Å². The molecular weight excluding hydrogens is 427 g/mol. The van der Waals surface area contributed by atoms with Crippen LogP contribution >= 0.6 is 24.0 Å². The van der Waals surface area contributed by atoms with Crippen molar-refractivity contribution in [2.24, 2.45) is 0 Å².